The average molecular weight is 188 g/mol. The fourth-order valence-corrected chi connectivity index (χ4v) is 1.62. The van der Waals surface area contributed by atoms with Crippen LogP contribution in [0.4, 0.5) is 0 Å². The van der Waals surface area contributed by atoms with Gasteiger partial charge >= 0.3 is 0 Å². The highest BCUT2D eigenvalue weighted by Crippen LogP contribution is 2.19. The van der Waals surface area contributed by atoms with E-state index in [2.05, 4.69) is 13.8 Å². The monoisotopic (exact) mass is 188 g/mol. The van der Waals surface area contributed by atoms with Crippen molar-refractivity contribution in [2.45, 2.75) is 65.1 Å². The second-order valence-corrected chi connectivity index (χ2v) is 3.83. The molecule has 0 aromatic heterocycles. The molecular formula is C11H24O2. The van der Waals surface area contributed by atoms with Crippen LogP contribution >= 0.6 is 0 Å². The molecule has 0 aliphatic rings. The lowest BCUT2D eigenvalue weighted by Gasteiger charge is -2.14. The fraction of sp³-hybridized carbons (Fsp3) is 1.00. The summed E-state index contributed by atoms with van der Waals surface area (Å²) in [4.78, 5) is 0. The average Bonchev–Trinajstić information content (AvgIpc) is 2.10. The number of hydrogen-bond donors (Lipinski definition) is 2. The molecule has 1 atom stereocenters. The van der Waals surface area contributed by atoms with Gasteiger partial charge in [0.05, 0.1) is 0 Å². The molecule has 0 bridgehead atoms. The maximum Gasteiger partial charge on any atom is 0.151 e. The maximum absolute atomic E-state index is 8.72. The molecule has 0 saturated heterocycles. The Balaban J connectivity index is 3.39. The number of hydrogen-bond acceptors (Lipinski definition) is 2. The second kappa shape index (κ2) is 8.52. The smallest absolute Gasteiger partial charge is 0.151 e. The van der Waals surface area contributed by atoms with Crippen LogP contribution in [0.1, 0.15) is 58.8 Å². The van der Waals surface area contributed by atoms with Crippen molar-refractivity contribution >= 4 is 0 Å². The Morgan fingerprint density at radius 1 is 0.923 bits per heavy atom. The molecule has 80 valence electrons. The summed E-state index contributed by atoms with van der Waals surface area (Å²) in [5.41, 5.74) is 0. The molecule has 2 nitrogen and oxygen atoms in total. The molecule has 0 radical (unpaired) electrons. The van der Waals surface area contributed by atoms with Crippen molar-refractivity contribution in [3.05, 3.63) is 0 Å². The Hall–Kier alpha value is -0.0800. The fourth-order valence-electron chi connectivity index (χ4n) is 1.62. The van der Waals surface area contributed by atoms with Gasteiger partial charge in [0.15, 0.2) is 6.29 Å². The van der Waals surface area contributed by atoms with E-state index in [4.69, 9.17) is 10.2 Å². The lowest BCUT2D eigenvalue weighted by atomic mass is 9.94. The summed E-state index contributed by atoms with van der Waals surface area (Å²) in [6, 6.07) is 0. The van der Waals surface area contributed by atoms with Gasteiger partial charge in [-0.05, 0) is 18.8 Å². The third-order valence-electron chi connectivity index (χ3n) is 2.63. The Labute approximate surface area is 82.0 Å². The summed E-state index contributed by atoms with van der Waals surface area (Å²) in [6.45, 7) is 4.39. The highest BCUT2D eigenvalue weighted by atomic mass is 16.5. The maximum atomic E-state index is 8.72. The van der Waals surface area contributed by atoms with Crippen LogP contribution < -0.4 is 0 Å². The van der Waals surface area contributed by atoms with Gasteiger partial charge < -0.3 is 10.2 Å². The van der Waals surface area contributed by atoms with Crippen molar-refractivity contribution in [1.82, 2.24) is 0 Å². The summed E-state index contributed by atoms with van der Waals surface area (Å²) in [5.74, 6) is 0.688. The van der Waals surface area contributed by atoms with Crippen LogP contribution in [0, 0.1) is 5.92 Å². The van der Waals surface area contributed by atoms with Crippen LogP contribution in [-0.2, 0) is 0 Å². The molecular weight excluding hydrogens is 164 g/mol. The SMILES string of the molecule is CCCCCC(CC)CCC(O)O. The van der Waals surface area contributed by atoms with Crippen molar-refractivity contribution < 1.29 is 10.2 Å². The number of unbranched alkanes of at least 4 members (excludes halogenated alkanes) is 2. The van der Waals surface area contributed by atoms with Gasteiger partial charge in [-0.3, -0.25) is 0 Å². The molecule has 2 heteroatoms. The molecule has 0 aromatic rings. The highest BCUT2D eigenvalue weighted by molar-refractivity contribution is 4.58. The lowest BCUT2D eigenvalue weighted by molar-refractivity contribution is -0.0491. The molecule has 2 N–H and O–H groups in total. The van der Waals surface area contributed by atoms with E-state index in [1.54, 1.807) is 0 Å². The largest absolute Gasteiger partial charge is 0.368 e. The van der Waals surface area contributed by atoms with Crippen molar-refractivity contribution in [3.8, 4) is 0 Å². The molecule has 0 saturated carbocycles. The van der Waals surface area contributed by atoms with E-state index in [-0.39, 0.29) is 0 Å². The van der Waals surface area contributed by atoms with Crippen LogP contribution in [0.25, 0.3) is 0 Å². The van der Waals surface area contributed by atoms with Crippen molar-refractivity contribution in [2.24, 2.45) is 5.92 Å². The zero-order chi connectivity index (χ0) is 10.1. The molecule has 1 unspecified atom stereocenters. The molecule has 0 heterocycles. The molecule has 0 spiro atoms. The molecule has 0 aliphatic carbocycles. The number of aliphatic hydroxyl groups is 2. The van der Waals surface area contributed by atoms with Crippen molar-refractivity contribution in [2.75, 3.05) is 0 Å². The molecule has 13 heavy (non-hydrogen) atoms. The molecule has 0 aromatic carbocycles. The van der Waals surface area contributed by atoms with Crippen molar-refractivity contribution in [3.63, 3.8) is 0 Å². The molecule has 0 fully saturated rings. The van der Waals surface area contributed by atoms with E-state index in [1.165, 1.54) is 25.7 Å². The van der Waals surface area contributed by atoms with Crippen LogP contribution in [0.5, 0.6) is 0 Å². The van der Waals surface area contributed by atoms with Crippen LogP contribution in [0.15, 0.2) is 0 Å². The first-order valence-corrected chi connectivity index (χ1v) is 5.56. The van der Waals surface area contributed by atoms with Gasteiger partial charge in [-0.2, -0.15) is 0 Å². The third-order valence-corrected chi connectivity index (χ3v) is 2.63. The Kier molecular flexibility index (Phi) is 8.46. The summed E-state index contributed by atoms with van der Waals surface area (Å²) in [6.07, 6.45) is 6.64. The standard InChI is InChI=1S/C11H24O2/c1-3-5-6-7-10(4-2)8-9-11(12)13/h10-13H,3-9H2,1-2H3. The van der Waals surface area contributed by atoms with Gasteiger partial charge in [0.2, 0.25) is 0 Å². The second-order valence-electron chi connectivity index (χ2n) is 3.83. The van der Waals surface area contributed by atoms with E-state index in [1.807, 2.05) is 0 Å². The number of aliphatic hydroxyl groups excluding tert-OH is 1. The van der Waals surface area contributed by atoms with E-state index in [9.17, 15) is 0 Å². The first-order chi connectivity index (χ1) is 6.20. The summed E-state index contributed by atoms with van der Waals surface area (Å²) in [5, 5.41) is 17.4. The summed E-state index contributed by atoms with van der Waals surface area (Å²) < 4.78 is 0. The first-order valence-electron chi connectivity index (χ1n) is 5.56. The zero-order valence-electron chi connectivity index (χ0n) is 9.00. The molecule has 0 amide bonds. The van der Waals surface area contributed by atoms with Crippen LogP contribution in [0.2, 0.25) is 0 Å². The summed E-state index contributed by atoms with van der Waals surface area (Å²) >= 11 is 0. The van der Waals surface area contributed by atoms with Gasteiger partial charge in [0, 0.05) is 0 Å². The zero-order valence-corrected chi connectivity index (χ0v) is 9.00. The van der Waals surface area contributed by atoms with Gasteiger partial charge in [-0.15, -0.1) is 0 Å². The normalized spacial score (nSPS) is 13.6. The minimum atomic E-state index is -1.11. The topological polar surface area (TPSA) is 40.5 Å². The molecule has 0 aliphatic heterocycles. The lowest BCUT2D eigenvalue weighted by Crippen LogP contribution is -2.08. The van der Waals surface area contributed by atoms with Gasteiger partial charge in [-0.25, -0.2) is 0 Å². The minimum absolute atomic E-state index is 0.532. The van der Waals surface area contributed by atoms with E-state index >= 15 is 0 Å². The van der Waals surface area contributed by atoms with Crippen molar-refractivity contribution in [1.29, 1.82) is 0 Å². The Bertz CT molecular complexity index is 102. The van der Waals surface area contributed by atoms with Gasteiger partial charge in [0.1, 0.15) is 0 Å². The van der Waals surface area contributed by atoms with E-state index in [0.717, 1.165) is 12.8 Å². The third kappa shape index (κ3) is 8.26. The predicted octanol–water partition coefficient (Wildman–Crippen LogP) is 2.68. The van der Waals surface area contributed by atoms with E-state index in [0.29, 0.717) is 12.3 Å². The van der Waals surface area contributed by atoms with E-state index < -0.39 is 6.29 Å². The van der Waals surface area contributed by atoms with Gasteiger partial charge in [-0.1, -0.05) is 46.0 Å². The van der Waals surface area contributed by atoms with Gasteiger partial charge in [0.25, 0.3) is 0 Å². The highest BCUT2D eigenvalue weighted by Gasteiger charge is 2.07. The first kappa shape index (κ1) is 12.9. The van der Waals surface area contributed by atoms with Crippen LogP contribution in [0.3, 0.4) is 0 Å². The minimum Gasteiger partial charge on any atom is -0.368 e. The molecule has 0 rings (SSSR count). The number of rotatable bonds is 8. The summed E-state index contributed by atoms with van der Waals surface area (Å²) in [7, 11) is 0. The van der Waals surface area contributed by atoms with Crippen LogP contribution in [-0.4, -0.2) is 16.5 Å². The Morgan fingerprint density at radius 2 is 1.62 bits per heavy atom. The predicted molar refractivity (Wildman–Crippen MR) is 55.4 cm³/mol. The Morgan fingerprint density at radius 3 is 2.08 bits per heavy atom. The quantitative estimate of drug-likeness (QED) is 0.454.